The number of hydrogen-bond donors (Lipinski definition) is 2. The third kappa shape index (κ3) is 3.74. The average Bonchev–Trinajstić information content (AvgIpc) is 2.37. The van der Waals surface area contributed by atoms with E-state index < -0.39 is 18.4 Å². The van der Waals surface area contributed by atoms with Gasteiger partial charge in [-0.15, -0.1) is 6.58 Å². The van der Waals surface area contributed by atoms with Gasteiger partial charge in [-0.25, -0.2) is 0 Å². The monoisotopic (exact) mass is 265 g/mol. The molecule has 0 heterocycles. The highest BCUT2D eigenvalue weighted by Crippen LogP contribution is 2.24. The number of hydrogen-bond acceptors (Lipinski definition) is 4. The number of benzene rings is 1. The van der Waals surface area contributed by atoms with Crippen LogP contribution >= 0.6 is 0 Å². The summed E-state index contributed by atoms with van der Waals surface area (Å²) in [6.07, 6.45) is 1.41. The molecule has 0 bridgehead atoms. The lowest BCUT2D eigenvalue weighted by Crippen LogP contribution is -2.35. The summed E-state index contributed by atoms with van der Waals surface area (Å²) in [5, 5.41) is 18.4. The van der Waals surface area contributed by atoms with Crippen molar-refractivity contribution in [1.82, 2.24) is 4.90 Å². The minimum atomic E-state index is -1.14. The number of aromatic hydroxyl groups is 1. The zero-order chi connectivity index (χ0) is 14.4. The van der Waals surface area contributed by atoms with E-state index in [1.165, 1.54) is 31.4 Å². The molecule has 0 saturated carbocycles. The second-order valence-corrected chi connectivity index (χ2v) is 3.75. The summed E-state index contributed by atoms with van der Waals surface area (Å²) < 4.78 is 4.96. The van der Waals surface area contributed by atoms with Crippen LogP contribution < -0.4 is 4.74 Å². The standard InChI is InChI=1S/C13H15NO5/c1-3-6-14(8-12(16)17)13(18)10-7-9(19-2)4-5-11(10)15/h3-5,7,15H,1,6,8H2,2H3,(H,16,17). The van der Waals surface area contributed by atoms with Crippen molar-refractivity contribution in [2.75, 3.05) is 20.2 Å². The van der Waals surface area contributed by atoms with Crippen LogP contribution in [0.1, 0.15) is 10.4 Å². The Kier molecular flexibility index (Phi) is 4.93. The molecule has 19 heavy (non-hydrogen) atoms. The fourth-order valence-electron chi connectivity index (χ4n) is 1.52. The lowest BCUT2D eigenvalue weighted by atomic mass is 10.1. The summed E-state index contributed by atoms with van der Waals surface area (Å²) in [4.78, 5) is 23.9. The fraction of sp³-hybridized carbons (Fsp3) is 0.231. The highest BCUT2D eigenvalue weighted by molar-refractivity contribution is 5.98. The van der Waals surface area contributed by atoms with Gasteiger partial charge in [-0.3, -0.25) is 9.59 Å². The molecular formula is C13H15NO5. The maximum absolute atomic E-state index is 12.2. The molecule has 0 unspecified atom stereocenters. The van der Waals surface area contributed by atoms with Crippen molar-refractivity contribution < 1.29 is 24.5 Å². The second-order valence-electron chi connectivity index (χ2n) is 3.75. The molecule has 1 rings (SSSR count). The van der Waals surface area contributed by atoms with Crippen molar-refractivity contribution in [1.29, 1.82) is 0 Å². The molecule has 102 valence electrons. The van der Waals surface area contributed by atoms with Crippen LogP contribution in [0.15, 0.2) is 30.9 Å². The van der Waals surface area contributed by atoms with Gasteiger partial charge >= 0.3 is 5.97 Å². The van der Waals surface area contributed by atoms with Crippen LogP contribution in [0.5, 0.6) is 11.5 Å². The number of rotatable bonds is 6. The van der Waals surface area contributed by atoms with Gasteiger partial charge < -0.3 is 19.8 Å². The minimum absolute atomic E-state index is 0.0116. The SMILES string of the molecule is C=CCN(CC(=O)O)C(=O)c1cc(OC)ccc1O. The smallest absolute Gasteiger partial charge is 0.323 e. The highest BCUT2D eigenvalue weighted by atomic mass is 16.5. The Hall–Kier alpha value is -2.50. The van der Waals surface area contributed by atoms with Crippen LogP contribution in [-0.2, 0) is 4.79 Å². The Morgan fingerprint density at radius 1 is 1.47 bits per heavy atom. The Morgan fingerprint density at radius 3 is 2.68 bits per heavy atom. The van der Waals surface area contributed by atoms with Crippen LogP contribution in [0, 0.1) is 0 Å². The van der Waals surface area contributed by atoms with E-state index >= 15 is 0 Å². The Balaban J connectivity index is 3.07. The Bertz CT molecular complexity index is 498. The molecule has 1 aromatic rings. The van der Waals surface area contributed by atoms with E-state index in [0.717, 1.165) is 4.90 Å². The fourth-order valence-corrected chi connectivity index (χ4v) is 1.52. The third-order valence-corrected chi connectivity index (χ3v) is 2.40. The molecule has 2 N–H and O–H groups in total. The van der Waals surface area contributed by atoms with E-state index in [0.29, 0.717) is 5.75 Å². The molecule has 0 fully saturated rings. The first-order chi connectivity index (χ1) is 8.99. The van der Waals surface area contributed by atoms with Crippen LogP contribution in [0.25, 0.3) is 0 Å². The summed E-state index contributed by atoms with van der Waals surface area (Å²) in [6.45, 7) is 3.07. The van der Waals surface area contributed by atoms with E-state index in [4.69, 9.17) is 9.84 Å². The summed E-state index contributed by atoms with van der Waals surface area (Å²) >= 11 is 0. The first-order valence-electron chi connectivity index (χ1n) is 5.48. The van der Waals surface area contributed by atoms with E-state index in [1.807, 2.05) is 0 Å². The molecule has 0 aromatic heterocycles. The molecule has 1 aromatic carbocycles. The van der Waals surface area contributed by atoms with Crippen molar-refractivity contribution in [2.45, 2.75) is 0 Å². The van der Waals surface area contributed by atoms with E-state index in [9.17, 15) is 14.7 Å². The molecule has 0 aliphatic heterocycles. The number of carbonyl (C=O) groups is 2. The van der Waals surface area contributed by atoms with Crippen molar-refractivity contribution in [2.24, 2.45) is 0 Å². The molecule has 0 radical (unpaired) electrons. The predicted molar refractivity (Wildman–Crippen MR) is 68.4 cm³/mol. The molecule has 0 saturated heterocycles. The molecule has 0 spiro atoms. The number of carbonyl (C=O) groups excluding carboxylic acids is 1. The average molecular weight is 265 g/mol. The van der Waals surface area contributed by atoms with Gasteiger partial charge in [-0.1, -0.05) is 6.08 Å². The van der Waals surface area contributed by atoms with E-state index in [-0.39, 0.29) is 17.9 Å². The summed E-state index contributed by atoms with van der Waals surface area (Å²) in [5.41, 5.74) is -0.0116. The number of amides is 1. The van der Waals surface area contributed by atoms with Gasteiger partial charge in [-0.05, 0) is 18.2 Å². The van der Waals surface area contributed by atoms with Crippen molar-refractivity contribution in [3.8, 4) is 11.5 Å². The molecule has 6 heteroatoms. The molecule has 1 amide bonds. The highest BCUT2D eigenvalue weighted by Gasteiger charge is 2.20. The Labute approximate surface area is 110 Å². The summed E-state index contributed by atoms with van der Waals surface area (Å²) in [6, 6.07) is 4.18. The lowest BCUT2D eigenvalue weighted by Gasteiger charge is -2.19. The van der Waals surface area contributed by atoms with Crippen LogP contribution in [0.4, 0.5) is 0 Å². The zero-order valence-corrected chi connectivity index (χ0v) is 10.5. The quantitative estimate of drug-likeness (QED) is 0.752. The maximum atomic E-state index is 12.2. The first kappa shape index (κ1) is 14.6. The molecule has 6 nitrogen and oxygen atoms in total. The van der Waals surface area contributed by atoms with Gasteiger partial charge in [0.25, 0.3) is 5.91 Å². The van der Waals surface area contributed by atoms with Gasteiger partial charge in [-0.2, -0.15) is 0 Å². The largest absolute Gasteiger partial charge is 0.507 e. The molecular weight excluding hydrogens is 250 g/mol. The van der Waals surface area contributed by atoms with Gasteiger partial charge in [0, 0.05) is 6.54 Å². The number of carboxylic acids is 1. The summed E-state index contributed by atoms with van der Waals surface area (Å²) in [7, 11) is 1.43. The lowest BCUT2D eigenvalue weighted by molar-refractivity contribution is -0.137. The summed E-state index contributed by atoms with van der Waals surface area (Å²) in [5.74, 6) is -1.57. The second kappa shape index (κ2) is 6.44. The number of aliphatic carboxylic acids is 1. The van der Waals surface area contributed by atoms with E-state index in [1.54, 1.807) is 0 Å². The van der Waals surface area contributed by atoms with Gasteiger partial charge in [0.2, 0.25) is 0 Å². The number of methoxy groups -OCH3 is 1. The Morgan fingerprint density at radius 2 is 2.16 bits per heavy atom. The zero-order valence-electron chi connectivity index (χ0n) is 10.5. The predicted octanol–water partition coefficient (Wildman–Crippen LogP) is 1.11. The van der Waals surface area contributed by atoms with Gasteiger partial charge in [0.05, 0.1) is 12.7 Å². The normalized spacial score (nSPS) is 9.74. The number of ether oxygens (including phenoxy) is 1. The third-order valence-electron chi connectivity index (χ3n) is 2.40. The number of phenols is 1. The number of carboxylic acid groups (broad SMARTS) is 1. The van der Waals surface area contributed by atoms with Gasteiger partial charge in [0.1, 0.15) is 18.0 Å². The molecule has 0 aliphatic rings. The number of phenolic OH excluding ortho intramolecular Hbond substituents is 1. The van der Waals surface area contributed by atoms with Crippen molar-refractivity contribution in [3.05, 3.63) is 36.4 Å². The van der Waals surface area contributed by atoms with Crippen LogP contribution in [-0.4, -0.2) is 47.2 Å². The molecule has 0 aliphatic carbocycles. The maximum Gasteiger partial charge on any atom is 0.323 e. The van der Waals surface area contributed by atoms with Crippen LogP contribution in [0.2, 0.25) is 0 Å². The number of nitrogens with zero attached hydrogens (tertiary/aromatic N) is 1. The topological polar surface area (TPSA) is 87.1 Å². The van der Waals surface area contributed by atoms with Crippen molar-refractivity contribution >= 4 is 11.9 Å². The van der Waals surface area contributed by atoms with E-state index in [2.05, 4.69) is 6.58 Å². The minimum Gasteiger partial charge on any atom is -0.507 e. The first-order valence-corrected chi connectivity index (χ1v) is 5.48. The van der Waals surface area contributed by atoms with Crippen LogP contribution in [0.3, 0.4) is 0 Å². The van der Waals surface area contributed by atoms with Gasteiger partial charge in [0.15, 0.2) is 0 Å². The molecule has 0 atom stereocenters. The van der Waals surface area contributed by atoms with Crippen molar-refractivity contribution in [3.63, 3.8) is 0 Å².